The summed E-state index contributed by atoms with van der Waals surface area (Å²) >= 11 is 1.86. The third kappa shape index (κ3) is 3.44. The van der Waals surface area contributed by atoms with Crippen molar-refractivity contribution in [1.29, 1.82) is 0 Å². The first-order valence-corrected chi connectivity index (χ1v) is 9.07. The fourth-order valence-electron chi connectivity index (χ4n) is 4.00. The molecule has 1 aliphatic carbocycles. The standard InChI is InChI=1S/C17H27NOS/c18-16(7-3-5-15-6-4-12-20-15)14-8-11-19-17(13-14)9-1-2-10-17/h4,6,12,14,16H,1-3,5,7-11,13,18H2. The molecule has 1 aliphatic heterocycles. The largest absolute Gasteiger partial charge is 0.375 e. The summed E-state index contributed by atoms with van der Waals surface area (Å²) in [6.45, 7) is 0.934. The lowest BCUT2D eigenvalue weighted by Crippen LogP contribution is -2.43. The Morgan fingerprint density at radius 1 is 1.40 bits per heavy atom. The van der Waals surface area contributed by atoms with Crippen LogP contribution in [-0.4, -0.2) is 18.2 Å². The minimum atomic E-state index is 0.217. The molecule has 0 bridgehead atoms. The van der Waals surface area contributed by atoms with E-state index in [0.29, 0.717) is 12.0 Å². The Bertz CT molecular complexity index is 397. The van der Waals surface area contributed by atoms with E-state index in [1.54, 1.807) is 0 Å². The summed E-state index contributed by atoms with van der Waals surface area (Å²) in [7, 11) is 0. The van der Waals surface area contributed by atoms with Crippen LogP contribution in [0, 0.1) is 5.92 Å². The summed E-state index contributed by atoms with van der Waals surface area (Å²) < 4.78 is 6.12. The van der Waals surface area contributed by atoms with Gasteiger partial charge in [-0.15, -0.1) is 11.3 Å². The Hall–Kier alpha value is -0.380. The normalized spacial score (nSPS) is 26.9. The van der Waals surface area contributed by atoms with Gasteiger partial charge < -0.3 is 10.5 Å². The van der Waals surface area contributed by atoms with Crippen LogP contribution < -0.4 is 5.73 Å². The van der Waals surface area contributed by atoms with Gasteiger partial charge in [-0.1, -0.05) is 18.9 Å². The van der Waals surface area contributed by atoms with E-state index < -0.39 is 0 Å². The second kappa shape index (κ2) is 6.59. The number of nitrogens with two attached hydrogens (primary N) is 1. The number of ether oxygens (including phenoxy) is 1. The second-order valence-electron chi connectivity index (χ2n) is 6.63. The zero-order chi connectivity index (χ0) is 13.8. The van der Waals surface area contributed by atoms with E-state index in [2.05, 4.69) is 17.5 Å². The third-order valence-electron chi connectivity index (χ3n) is 5.19. The van der Waals surface area contributed by atoms with Gasteiger partial charge in [-0.2, -0.15) is 0 Å². The van der Waals surface area contributed by atoms with Crippen LogP contribution in [0.2, 0.25) is 0 Å². The molecule has 2 aliphatic rings. The molecule has 1 saturated carbocycles. The molecule has 0 amide bonds. The molecule has 1 aromatic heterocycles. The number of thiophene rings is 1. The van der Waals surface area contributed by atoms with Crippen molar-refractivity contribution in [3.05, 3.63) is 22.4 Å². The van der Waals surface area contributed by atoms with Crippen LogP contribution in [0.25, 0.3) is 0 Å². The summed E-state index contributed by atoms with van der Waals surface area (Å²) in [4.78, 5) is 1.50. The van der Waals surface area contributed by atoms with Gasteiger partial charge in [0.1, 0.15) is 0 Å². The van der Waals surface area contributed by atoms with Crippen molar-refractivity contribution >= 4 is 11.3 Å². The molecule has 1 spiro atoms. The van der Waals surface area contributed by atoms with Crippen molar-refractivity contribution in [3.8, 4) is 0 Å². The lowest BCUT2D eigenvalue weighted by Gasteiger charge is -2.40. The minimum Gasteiger partial charge on any atom is -0.375 e. The van der Waals surface area contributed by atoms with Crippen LogP contribution in [0.15, 0.2) is 17.5 Å². The Labute approximate surface area is 126 Å². The van der Waals surface area contributed by atoms with Crippen LogP contribution in [0.5, 0.6) is 0 Å². The lowest BCUT2D eigenvalue weighted by atomic mass is 9.79. The predicted octanol–water partition coefficient (Wildman–Crippen LogP) is 4.14. The number of hydrogen-bond donors (Lipinski definition) is 1. The molecule has 3 heteroatoms. The summed E-state index contributed by atoms with van der Waals surface area (Å²) in [5.74, 6) is 0.685. The zero-order valence-electron chi connectivity index (χ0n) is 12.4. The van der Waals surface area contributed by atoms with Crippen LogP contribution in [-0.2, 0) is 11.2 Å². The number of rotatable bonds is 5. The molecular weight excluding hydrogens is 266 g/mol. The highest BCUT2D eigenvalue weighted by molar-refractivity contribution is 7.09. The average Bonchev–Trinajstić information content (AvgIpc) is 3.11. The molecule has 3 rings (SSSR count). The van der Waals surface area contributed by atoms with E-state index in [1.807, 2.05) is 11.3 Å². The van der Waals surface area contributed by atoms with E-state index >= 15 is 0 Å². The Morgan fingerprint density at radius 3 is 3.00 bits per heavy atom. The maximum Gasteiger partial charge on any atom is 0.0685 e. The predicted molar refractivity (Wildman–Crippen MR) is 85.1 cm³/mol. The molecular formula is C17H27NOS. The highest BCUT2D eigenvalue weighted by Crippen LogP contribution is 2.43. The molecule has 20 heavy (non-hydrogen) atoms. The SMILES string of the molecule is NC(CCCc1cccs1)C1CCOC2(CCCC2)C1. The van der Waals surface area contributed by atoms with Gasteiger partial charge >= 0.3 is 0 Å². The van der Waals surface area contributed by atoms with Crippen molar-refractivity contribution < 1.29 is 4.74 Å². The lowest BCUT2D eigenvalue weighted by molar-refractivity contribution is -0.0964. The van der Waals surface area contributed by atoms with Crippen LogP contribution in [0.3, 0.4) is 0 Å². The van der Waals surface area contributed by atoms with E-state index in [-0.39, 0.29) is 5.60 Å². The van der Waals surface area contributed by atoms with Gasteiger partial charge in [0.05, 0.1) is 5.60 Å². The van der Waals surface area contributed by atoms with Gasteiger partial charge in [0, 0.05) is 17.5 Å². The molecule has 2 N–H and O–H groups in total. The van der Waals surface area contributed by atoms with Crippen molar-refractivity contribution in [1.82, 2.24) is 0 Å². The fraction of sp³-hybridized carbons (Fsp3) is 0.765. The Balaban J connectivity index is 1.45. The molecule has 2 heterocycles. The van der Waals surface area contributed by atoms with Crippen LogP contribution in [0.1, 0.15) is 56.2 Å². The van der Waals surface area contributed by atoms with Gasteiger partial charge in [0.25, 0.3) is 0 Å². The molecule has 0 aromatic carbocycles. The first-order chi connectivity index (χ1) is 9.77. The van der Waals surface area contributed by atoms with Gasteiger partial charge in [-0.05, 0) is 62.3 Å². The highest BCUT2D eigenvalue weighted by atomic mass is 32.1. The first kappa shape index (κ1) is 14.6. The topological polar surface area (TPSA) is 35.2 Å². The van der Waals surface area contributed by atoms with Crippen molar-refractivity contribution in [2.24, 2.45) is 11.7 Å². The van der Waals surface area contributed by atoms with E-state index in [1.165, 1.54) is 62.7 Å². The van der Waals surface area contributed by atoms with Gasteiger partial charge in [0.15, 0.2) is 0 Å². The fourth-order valence-corrected chi connectivity index (χ4v) is 4.75. The third-order valence-corrected chi connectivity index (χ3v) is 6.13. The summed E-state index contributed by atoms with van der Waals surface area (Å²) in [6, 6.07) is 4.75. The molecule has 2 atom stereocenters. The van der Waals surface area contributed by atoms with Crippen LogP contribution >= 0.6 is 11.3 Å². The summed E-state index contributed by atoms with van der Waals surface area (Å²) in [5, 5.41) is 2.16. The van der Waals surface area contributed by atoms with Gasteiger partial charge in [-0.3, -0.25) is 0 Å². The quantitative estimate of drug-likeness (QED) is 0.885. The van der Waals surface area contributed by atoms with E-state index in [9.17, 15) is 0 Å². The Morgan fingerprint density at radius 2 is 2.25 bits per heavy atom. The molecule has 2 unspecified atom stereocenters. The minimum absolute atomic E-state index is 0.217. The van der Waals surface area contributed by atoms with E-state index in [4.69, 9.17) is 10.5 Å². The first-order valence-electron chi connectivity index (χ1n) is 8.19. The second-order valence-corrected chi connectivity index (χ2v) is 7.66. The smallest absolute Gasteiger partial charge is 0.0685 e. The summed E-state index contributed by atoms with van der Waals surface area (Å²) in [5.41, 5.74) is 6.70. The monoisotopic (exact) mass is 293 g/mol. The zero-order valence-corrected chi connectivity index (χ0v) is 13.2. The molecule has 1 saturated heterocycles. The maximum atomic E-state index is 6.49. The molecule has 112 valence electrons. The molecule has 0 radical (unpaired) electrons. The number of hydrogen-bond acceptors (Lipinski definition) is 3. The average molecular weight is 293 g/mol. The number of aryl methyl sites for hydroxylation is 1. The molecule has 2 fully saturated rings. The highest BCUT2D eigenvalue weighted by Gasteiger charge is 2.41. The molecule has 2 nitrogen and oxygen atoms in total. The maximum absolute atomic E-state index is 6.49. The van der Waals surface area contributed by atoms with Crippen molar-refractivity contribution in [2.45, 2.75) is 69.4 Å². The van der Waals surface area contributed by atoms with Gasteiger partial charge in [0.2, 0.25) is 0 Å². The van der Waals surface area contributed by atoms with Gasteiger partial charge in [-0.25, -0.2) is 0 Å². The van der Waals surface area contributed by atoms with Crippen molar-refractivity contribution in [2.75, 3.05) is 6.61 Å². The van der Waals surface area contributed by atoms with E-state index in [0.717, 1.165) is 6.61 Å². The van der Waals surface area contributed by atoms with Crippen LogP contribution in [0.4, 0.5) is 0 Å². The van der Waals surface area contributed by atoms with Crippen molar-refractivity contribution in [3.63, 3.8) is 0 Å². The Kier molecular flexibility index (Phi) is 4.79. The summed E-state index contributed by atoms with van der Waals surface area (Å²) in [6.07, 6.45) is 11.2. The molecule has 1 aromatic rings.